The predicted molar refractivity (Wildman–Crippen MR) is 229 cm³/mol. The number of ether oxygens (including phenoxy) is 2. The summed E-state index contributed by atoms with van der Waals surface area (Å²) in [6.07, 6.45) is 16.6. The fraction of sp³-hybridized carbons (Fsp3) is 0.217. The molecule has 8 aromatic rings. The molecular weight excluding hydrogens is 791 g/mol. The topological polar surface area (TPSA) is 141 Å². The monoisotopic (exact) mass is 832 g/mol. The van der Waals surface area contributed by atoms with Crippen LogP contribution in [0.5, 0.6) is 11.8 Å². The molecule has 0 saturated carbocycles. The van der Waals surface area contributed by atoms with Crippen molar-refractivity contribution in [1.82, 2.24) is 58.6 Å². The Labute approximate surface area is 355 Å². The van der Waals surface area contributed by atoms with Gasteiger partial charge in [0, 0.05) is 37.3 Å². The third-order valence-electron chi connectivity index (χ3n) is 10.8. The van der Waals surface area contributed by atoms with E-state index in [1.807, 2.05) is 118 Å². The minimum absolute atomic E-state index is 0.131. The lowest BCUT2D eigenvalue weighted by Crippen LogP contribution is -1.99. The molecule has 8 heterocycles. The molecule has 10 rings (SSSR count). The third-order valence-corrected chi connectivity index (χ3v) is 10.8. The number of pyridine rings is 2. The molecule has 2 aromatic carbocycles. The van der Waals surface area contributed by atoms with Crippen LogP contribution in [0, 0.1) is 25.5 Å². The van der Waals surface area contributed by atoms with E-state index in [0.717, 1.165) is 82.9 Å². The van der Waals surface area contributed by atoms with Crippen molar-refractivity contribution >= 4 is 24.3 Å². The average Bonchev–Trinajstić information content (AvgIpc) is 4.16. The first-order valence-corrected chi connectivity index (χ1v) is 20.1. The van der Waals surface area contributed by atoms with E-state index < -0.39 is 0 Å². The van der Waals surface area contributed by atoms with Gasteiger partial charge in [0.1, 0.15) is 34.7 Å². The molecule has 0 spiro atoms. The van der Waals surface area contributed by atoms with E-state index in [4.69, 9.17) is 19.4 Å². The van der Waals surface area contributed by atoms with Crippen LogP contribution in [-0.2, 0) is 13.1 Å². The number of methoxy groups -OCH3 is 2. The van der Waals surface area contributed by atoms with Crippen LogP contribution in [0.25, 0.3) is 35.7 Å². The molecule has 0 N–H and O–H groups in total. The van der Waals surface area contributed by atoms with E-state index in [1.165, 1.54) is 24.3 Å². The van der Waals surface area contributed by atoms with Crippen molar-refractivity contribution in [3.05, 3.63) is 167 Å². The number of nitrogens with zero attached hydrogens (tertiary/aromatic N) is 12. The Kier molecular flexibility index (Phi) is 11.0. The van der Waals surface area contributed by atoms with Crippen LogP contribution in [0.4, 0.5) is 8.78 Å². The molecule has 0 aliphatic carbocycles. The van der Waals surface area contributed by atoms with Gasteiger partial charge in [0.2, 0.25) is 11.8 Å². The second kappa shape index (κ2) is 17.2. The smallest absolute Gasteiger partial charge is 0.238 e. The molecule has 62 heavy (non-hydrogen) atoms. The van der Waals surface area contributed by atoms with Crippen molar-refractivity contribution in [1.29, 1.82) is 0 Å². The summed E-state index contributed by atoms with van der Waals surface area (Å²) in [7, 11) is 3.19. The Morgan fingerprint density at radius 2 is 0.968 bits per heavy atom. The van der Waals surface area contributed by atoms with Gasteiger partial charge in [0.25, 0.3) is 0 Å². The minimum atomic E-state index is -0.232. The summed E-state index contributed by atoms with van der Waals surface area (Å²) < 4.78 is 45.0. The van der Waals surface area contributed by atoms with E-state index in [-0.39, 0.29) is 23.5 Å². The molecule has 0 fully saturated rings. The highest BCUT2D eigenvalue weighted by atomic mass is 19.1. The van der Waals surface area contributed by atoms with Gasteiger partial charge >= 0.3 is 0 Å². The molecule has 0 saturated heterocycles. The number of fused-ring (bicyclic) bond motifs is 2. The fourth-order valence-electron chi connectivity index (χ4n) is 7.71. The number of rotatable bonds is 10. The van der Waals surface area contributed by atoms with Crippen molar-refractivity contribution in [2.45, 2.75) is 51.6 Å². The average molecular weight is 833 g/mol. The lowest BCUT2D eigenvalue weighted by Gasteiger charge is -2.08. The second-order valence-electron chi connectivity index (χ2n) is 14.9. The van der Waals surface area contributed by atoms with Gasteiger partial charge in [-0.25, -0.2) is 48.0 Å². The molecule has 6 aromatic heterocycles. The number of hydrogen-bond acceptors (Lipinski definition) is 10. The molecule has 2 aliphatic heterocycles. The molecule has 0 radical (unpaired) electrons. The van der Waals surface area contributed by atoms with Crippen LogP contribution in [0.15, 0.2) is 97.8 Å². The Balaban J connectivity index is 0.000000158. The van der Waals surface area contributed by atoms with Crippen LogP contribution >= 0.6 is 0 Å². The highest BCUT2D eigenvalue weighted by Gasteiger charge is 2.29. The molecule has 0 bridgehead atoms. The summed E-state index contributed by atoms with van der Waals surface area (Å²) in [6, 6.07) is 20.9. The van der Waals surface area contributed by atoms with E-state index in [1.54, 1.807) is 26.9 Å². The number of imidazole rings is 2. The van der Waals surface area contributed by atoms with Crippen molar-refractivity contribution in [3.63, 3.8) is 0 Å². The van der Waals surface area contributed by atoms with E-state index in [0.29, 0.717) is 23.4 Å². The fourth-order valence-corrected chi connectivity index (χ4v) is 7.71. The zero-order chi connectivity index (χ0) is 42.7. The summed E-state index contributed by atoms with van der Waals surface area (Å²) >= 11 is 0. The lowest BCUT2D eigenvalue weighted by atomic mass is 9.97. The zero-order valence-electron chi connectivity index (χ0n) is 34.5. The number of hydrogen-bond donors (Lipinski definition) is 0. The Morgan fingerprint density at radius 3 is 1.34 bits per heavy atom. The summed E-state index contributed by atoms with van der Waals surface area (Å²) in [5.41, 5.74) is 7.07. The number of benzene rings is 2. The van der Waals surface area contributed by atoms with Gasteiger partial charge in [-0.15, -0.1) is 0 Å². The van der Waals surface area contributed by atoms with Crippen LogP contribution in [0.2, 0.25) is 0 Å². The van der Waals surface area contributed by atoms with E-state index in [2.05, 4.69) is 30.1 Å². The maximum atomic E-state index is 13.3. The van der Waals surface area contributed by atoms with Crippen LogP contribution in [0.3, 0.4) is 0 Å². The second-order valence-corrected chi connectivity index (χ2v) is 14.9. The molecule has 312 valence electrons. The molecule has 2 aliphatic rings. The number of aromatic nitrogens is 12. The van der Waals surface area contributed by atoms with Gasteiger partial charge in [0.05, 0.1) is 49.6 Å². The van der Waals surface area contributed by atoms with Crippen LogP contribution in [-0.4, -0.2) is 72.8 Å². The molecule has 2 unspecified atom stereocenters. The standard InChI is InChI=1S/2C23H21FN6O/c2*1-15-13-29(14-25-15)20-9-7-18(26-23(20)31-2)8-10-21-27-22-19(11-12-30(22)28-21)16-3-5-17(24)6-4-16/h2*3-10,13-14,19H,11-12H2,1-2H3/b2*10-8+. The molecule has 16 heteroatoms. The highest BCUT2D eigenvalue weighted by molar-refractivity contribution is 5.67. The lowest BCUT2D eigenvalue weighted by molar-refractivity contribution is 0.395. The molecule has 0 amide bonds. The highest BCUT2D eigenvalue weighted by Crippen LogP contribution is 2.34. The van der Waals surface area contributed by atoms with Gasteiger partial charge < -0.3 is 18.6 Å². The largest absolute Gasteiger partial charge is 0.479 e. The van der Waals surface area contributed by atoms with Gasteiger partial charge in [-0.05, 0) is 111 Å². The van der Waals surface area contributed by atoms with Crippen LogP contribution in [0.1, 0.15) is 81.9 Å². The van der Waals surface area contributed by atoms with Crippen molar-refractivity contribution < 1.29 is 18.3 Å². The van der Waals surface area contributed by atoms with Crippen molar-refractivity contribution in [2.75, 3.05) is 14.2 Å². The maximum Gasteiger partial charge on any atom is 0.238 e. The van der Waals surface area contributed by atoms with E-state index >= 15 is 0 Å². The maximum absolute atomic E-state index is 13.3. The first kappa shape index (κ1) is 39.8. The Bertz CT molecular complexity index is 2710. The number of halogens is 2. The quantitative estimate of drug-likeness (QED) is 0.133. The number of aryl methyl sites for hydroxylation is 4. The minimum Gasteiger partial charge on any atom is -0.479 e. The summed E-state index contributed by atoms with van der Waals surface area (Å²) in [6.45, 7) is 5.46. The Morgan fingerprint density at radius 1 is 0.548 bits per heavy atom. The molecule has 2 atom stereocenters. The summed E-state index contributed by atoms with van der Waals surface area (Å²) in [5.74, 6) is 3.87. The first-order chi connectivity index (χ1) is 30.2. The van der Waals surface area contributed by atoms with Crippen molar-refractivity contribution in [2.24, 2.45) is 0 Å². The van der Waals surface area contributed by atoms with Crippen LogP contribution < -0.4 is 9.47 Å². The summed E-state index contributed by atoms with van der Waals surface area (Å²) in [4.78, 5) is 27.0. The van der Waals surface area contributed by atoms with Crippen molar-refractivity contribution in [3.8, 4) is 23.1 Å². The molecular formula is C46H42F2N12O2. The normalized spacial score (nSPS) is 15.5. The summed E-state index contributed by atoms with van der Waals surface area (Å²) in [5, 5.41) is 9.17. The predicted octanol–water partition coefficient (Wildman–Crippen LogP) is 8.04. The van der Waals surface area contributed by atoms with E-state index in [9.17, 15) is 8.78 Å². The zero-order valence-corrected chi connectivity index (χ0v) is 34.5. The Hall–Kier alpha value is -7.62. The first-order valence-electron chi connectivity index (χ1n) is 20.1. The van der Waals surface area contributed by atoms with Gasteiger partial charge in [0.15, 0.2) is 11.6 Å². The van der Waals surface area contributed by atoms with Gasteiger partial charge in [-0.2, -0.15) is 10.2 Å². The van der Waals surface area contributed by atoms with Gasteiger partial charge in [-0.3, -0.25) is 0 Å². The third kappa shape index (κ3) is 8.39. The molecule has 14 nitrogen and oxygen atoms in total. The SMILES string of the molecule is COc1nc(/C=C/c2nc3n(n2)CCC3c2ccc(F)cc2)ccc1-n1cnc(C)c1.COc1nc(/C=C/c2nc3n(n2)CCC3c2ccc(F)cc2)ccc1-n1cnc(C)c1. The van der Waals surface area contributed by atoms with Gasteiger partial charge in [-0.1, -0.05) is 24.3 Å².